The Hall–Kier alpha value is -2.78. The zero-order chi connectivity index (χ0) is 17.8. The number of aromatic nitrogens is 3. The maximum Gasteiger partial charge on any atom is 0.353 e. The number of nitrogens with zero attached hydrogens (tertiary/aromatic N) is 4. The van der Waals surface area contributed by atoms with Gasteiger partial charge in [-0.25, -0.2) is 15.0 Å². The summed E-state index contributed by atoms with van der Waals surface area (Å²) in [6.45, 7) is 0. The van der Waals surface area contributed by atoms with Crippen molar-refractivity contribution in [2.75, 3.05) is 10.6 Å². The van der Waals surface area contributed by atoms with Crippen LogP contribution in [-0.2, 0) is 0 Å². The van der Waals surface area contributed by atoms with E-state index in [4.69, 9.17) is 11.6 Å². The second kappa shape index (κ2) is 7.41. The highest BCUT2D eigenvalue weighted by Crippen LogP contribution is 2.32. The zero-order valence-corrected chi connectivity index (χ0v) is 14.8. The van der Waals surface area contributed by atoms with E-state index in [-0.39, 0.29) is 17.3 Å². The molecule has 0 aliphatic heterocycles. The molecule has 0 saturated heterocycles. The highest BCUT2D eigenvalue weighted by Gasteiger charge is 2.23. The fraction of sp³-hybridized carbons (Fsp3) is 0. The lowest BCUT2D eigenvalue weighted by molar-refractivity contribution is -0.383. The fourth-order valence-corrected chi connectivity index (χ4v) is 2.35. The van der Waals surface area contributed by atoms with E-state index in [1.165, 1.54) is 12.5 Å². The predicted octanol–water partition coefficient (Wildman–Crippen LogP) is 4.68. The van der Waals surface area contributed by atoms with Gasteiger partial charge in [0.15, 0.2) is 0 Å². The normalized spacial score (nSPS) is 10.3. The summed E-state index contributed by atoms with van der Waals surface area (Å²) in [5.74, 6) is 0.467. The van der Waals surface area contributed by atoms with Crippen molar-refractivity contribution in [3.63, 3.8) is 0 Å². The number of hydrogen-bond donors (Lipinski definition) is 2. The van der Waals surface area contributed by atoms with Crippen LogP contribution in [0.15, 0.2) is 53.4 Å². The maximum atomic E-state index is 11.5. The lowest BCUT2D eigenvalue weighted by Gasteiger charge is -2.09. The second-order valence-electron chi connectivity index (χ2n) is 4.80. The molecule has 0 aliphatic rings. The number of pyridine rings is 1. The number of nitrogens with one attached hydrogen (secondary N) is 2. The molecule has 3 rings (SSSR count). The molecule has 2 heterocycles. The molecule has 0 radical (unpaired) electrons. The van der Waals surface area contributed by atoms with Crippen LogP contribution in [0.1, 0.15) is 0 Å². The van der Waals surface area contributed by atoms with Crippen LogP contribution >= 0.6 is 27.5 Å². The van der Waals surface area contributed by atoms with Gasteiger partial charge in [0.05, 0.1) is 9.95 Å². The van der Waals surface area contributed by atoms with E-state index < -0.39 is 4.92 Å². The van der Waals surface area contributed by atoms with Crippen molar-refractivity contribution in [2.45, 2.75) is 0 Å². The van der Waals surface area contributed by atoms with Gasteiger partial charge in [-0.1, -0.05) is 27.5 Å². The first-order chi connectivity index (χ1) is 12.0. The highest BCUT2D eigenvalue weighted by atomic mass is 79.9. The first-order valence-electron chi connectivity index (χ1n) is 6.93. The van der Waals surface area contributed by atoms with Gasteiger partial charge in [-0.3, -0.25) is 10.1 Å². The van der Waals surface area contributed by atoms with Crippen LogP contribution in [0.3, 0.4) is 0 Å². The average Bonchev–Trinajstić information content (AvgIpc) is 2.59. The highest BCUT2D eigenvalue weighted by molar-refractivity contribution is 9.10. The summed E-state index contributed by atoms with van der Waals surface area (Å²) in [6.07, 6.45) is 2.66. The van der Waals surface area contributed by atoms with E-state index in [9.17, 15) is 10.1 Å². The van der Waals surface area contributed by atoms with Gasteiger partial charge in [-0.05, 0) is 36.4 Å². The molecule has 10 heteroatoms. The number of hydrogen-bond acceptors (Lipinski definition) is 7. The van der Waals surface area contributed by atoms with Gasteiger partial charge in [0.2, 0.25) is 11.6 Å². The molecule has 0 unspecified atom stereocenters. The van der Waals surface area contributed by atoms with Crippen molar-refractivity contribution in [3.8, 4) is 0 Å². The summed E-state index contributed by atoms with van der Waals surface area (Å²) in [5.41, 5.74) is 0.364. The molecule has 2 aromatic heterocycles. The van der Waals surface area contributed by atoms with Crippen LogP contribution < -0.4 is 10.6 Å². The minimum absolute atomic E-state index is 0.0226. The van der Waals surface area contributed by atoms with Gasteiger partial charge >= 0.3 is 5.69 Å². The van der Waals surface area contributed by atoms with Gasteiger partial charge in [-0.15, -0.1) is 0 Å². The lowest BCUT2D eigenvalue weighted by Crippen LogP contribution is -2.06. The number of nitro groups is 1. The molecule has 8 nitrogen and oxygen atoms in total. The largest absolute Gasteiger partial charge is 0.353 e. The summed E-state index contributed by atoms with van der Waals surface area (Å²) in [5, 5.41) is 17.7. The molecule has 0 atom stereocenters. The maximum absolute atomic E-state index is 11.5. The SMILES string of the molecule is O=[N+]([O-])c1c(Nc2ccc(Br)cc2)ncnc1Nc1ccc(Cl)cn1. The van der Waals surface area contributed by atoms with E-state index in [0.29, 0.717) is 16.5 Å². The molecule has 1 aromatic carbocycles. The molecule has 0 bridgehead atoms. The number of benzene rings is 1. The minimum Gasteiger partial charge on any atom is -0.334 e. The van der Waals surface area contributed by atoms with Gasteiger partial charge in [-0.2, -0.15) is 0 Å². The molecule has 3 aromatic rings. The van der Waals surface area contributed by atoms with Gasteiger partial charge in [0, 0.05) is 16.4 Å². The molecular weight excluding hydrogens is 412 g/mol. The molecule has 126 valence electrons. The Morgan fingerprint density at radius 1 is 1.00 bits per heavy atom. The monoisotopic (exact) mass is 420 g/mol. The fourth-order valence-electron chi connectivity index (χ4n) is 1.98. The van der Waals surface area contributed by atoms with Gasteiger partial charge in [0.1, 0.15) is 12.1 Å². The Bertz CT molecular complexity index is 839. The van der Waals surface area contributed by atoms with Crippen LogP contribution in [0.25, 0.3) is 0 Å². The molecule has 0 amide bonds. The van der Waals surface area contributed by atoms with E-state index in [1.807, 2.05) is 12.1 Å². The van der Waals surface area contributed by atoms with Crippen molar-refractivity contribution >= 4 is 56.4 Å². The summed E-state index contributed by atoms with van der Waals surface area (Å²) < 4.78 is 0.895. The van der Waals surface area contributed by atoms with Crippen LogP contribution in [0, 0.1) is 10.1 Å². The van der Waals surface area contributed by atoms with E-state index in [2.05, 4.69) is 41.5 Å². The topological polar surface area (TPSA) is 106 Å². The molecule has 2 N–H and O–H groups in total. The first-order valence-corrected chi connectivity index (χ1v) is 8.10. The number of rotatable bonds is 5. The molecule has 0 saturated carbocycles. The Morgan fingerprint density at radius 3 is 2.28 bits per heavy atom. The van der Waals surface area contributed by atoms with Crippen LogP contribution in [-0.4, -0.2) is 19.9 Å². The van der Waals surface area contributed by atoms with Crippen molar-refractivity contribution in [3.05, 3.63) is 68.5 Å². The molecule has 25 heavy (non-hydrogen) atoms. The summed E-state index contributed by atoms with van der Waals surface area (Å²) >= 11 is 9.12. The van der Waals surface area contributed by atoms with Crippen molar-refractivity contribution in [2.24, 2.45) is 0 Å². The van der Waals surface area contributed by atoms with E-state index >= 15 is 0 Å². The minimum atomic E-state index is -0.556. The Kier molecular flexibility index (Phi) is 5.05. The zero-order valence-electron chi connectivity index (χ0n) is 12.5. The van der Waals surface area contributed by atoms with Crippen molar-refractivity contribution < 1.29 is 4.92 Å². The van der Waals surface area contributed by atoms with Crippen LogP contribution in [0.2, 0.25) is 5.02 Å². The van der Waals surface area contributed by atoms with Gasteiger partial charge in [0.25, 0.3) is 0 Å². The molecular formula is C15H10BrClN6O2. The quantitative estimate of drug-likeness (QED) is 0.455. The van der Waals surface area contributed by atoms with E-state index in [1.54, 1.807) is 24.3 Å². The van der Waals surface area contributed by atoms with E-state index in [0.717, 1.165) is 4.47 Å². The average molecular weight is 422 g/mol. The number of halogens is 2. The molecule has 0 aliphatic carbocycles. The predicted molar refractivity (Wildman–Crippen MR) is 98.6 cm³/mol. The summed E-state index contributed by atoms with van der Waals surface area (Å²) in [6, 6.07) is 10.4. The molecule has 0 fully saturated rings. The standard InChI is InChI=1S/C15H10BrClN6O2/c16-9-1-4-11(5-2-9)21-14-13(23(24)25)15(20-8-19-14)22-12-6-3-10(17)7-18-12/h1-8H,(H2,18,19,20,21,22). The Morgan fingerprint density at radius 2 is 1.68 bits per heavy atom. The third-order valence-electron chi connectivity index (χ3n) is 3.09. The number of anilines is 4. The Balaban J connectivity index is 1.94. The van der Waals surface area contributed by atoms with Gasteiger partial charge < -0.3 is 10.6 Å². The van der Waals surface area contributed by atoms with Crippen LogP contribution in [0.4, 0.5) is 28.8 Å². The van der Waals surface area contributed by atoms with Crippen LogP contribution in [0.5, 0.6) is 0 Å². The first kappa shape index (κ1) is 17.1. The molecule has 0 spiro atoms. The van der Waals surface area contributed by atoms with Crippen molar-refractivity contribution in [1.82, 2.24) is 15.0 Å². The smallest absolute Gasteiger partial charge is 0.334 e. The summed E-state index contributed by atoms with van der Waals surface area (Å²) in [4.78, 5) is 22.9. The second-order valence-corrected chi connectivity index (χ2v) is 6.15. The third-order valence-corrected chi connectivity index (χ3v) is 3.84. The third kappa shape index (κ3) is 4.20. The lowest BCUT2D eigenvalue weighted by atomic mass is 10.3. The summed E-state index contributed by atoms with van der Waals surface area (Å²) in [7, 11) is 0. The Labute approximate surface area is 155 Å². The van der Waals surface area contributed by atoms with Crippen molar-refractivity contribution in [1.29, 1.82) is 0 Å².